The van der Waals surface area contributed by atoms with E-state index >= 15 is 0 Å². The Balaban J connectivity index is 1.86. The second kappa shape index (κ2) is 5.83. The third-order valence-corrected chi connectivity index (χ3v) is 4.74. The minimum Gasteiger partial charge on any atom is -0.493 e. The highest BCUT2D eigenvalue weighted by Gasteiger charge is 2.17. The van der Waals surface area contributed by atoms with Crippen LogP contribution in [0, 0.1) is 0 Å². The number of hydrogen-bond acceptors (Lipinski definition) is 3. The van der Waals surface area contributed by atoms with Crippen molar-refractivity contribution in [3.8, 4) is 5.75 Å². The smallest absolute Gasteiger partial charge is 0.219 e. The summed E-state index contributed by atoms with van der Waals surface area (Å²) in [5, 5.41) is 6.53. The van der Waals surface area contributed by atoms with Crippen molar-refractivity contribution in [3.63, 3.8) is 0 Å². The number of fused-ring (bicyclic) bond motifs is 3. The van der Waals surface area contributed by atoms with Crippen molar-refractivity contribution in [3.05, 3.63) is 28.6 Å². The van der Waals surface area contributed by atoms with Crippen molar-refractivity contribution >= 4 is 27.3 Å². The van der Waals surface area contributed by atoms with Crippen LogP contribution in [0.5, 0.6) is 5.75 Å². The van der Waals surface area contributed by atoms with Gasteiger partial charge in [-0.05, 0) is 42.3 Å². The van der Waals surface area contributed by atoms with Gasteiger partial charge in [-0.15, -0.1) is 11.3 Å². The summed E-state index contributed by atoms with van der Waals surface area (Å²) in [7, 11) is 0. The summed E-state index contributed by atoms with van der Waals surface area (Å²) in [5.41, 5.74) is 2.69. The van der Waals surface area contributed by atoms with E-state index < -0.39 is 0 Å². The van der Waals surface area contributed by atoms with E-state index in [1.54, 1.807) is 11.3 Å². The fourth-order valence-electron chi connectivity index (χ4n) is 2.71. The first-order chi connectivity index (χ1) is 9.79. The third-order valence-electron chi connectivity index (χ3n) is 3.75. The Kier molecular flexibility index (Phi) is 3.92. The topological polar surface area (TPSA) is 38.3 Å². The normalized spacial score (nSPS) is 13.8. The van der Waals surface area contributed by atoms with Gasteiger partial charge in [-0.25, -0.2) is 0 Å². The molecule has 0 spiro atoms. The van der Waals surface area contributed by atoms with Gasteiger partial charge in [0, 0.05) is 28.6 Å². The van der Waals surface area contributed by atoms with Gasteiger partial charge >= 0.3 is 0 Å². The molecule has 0 aliphatic carbocycles. The second-order valence-corrected chi connectivity index (χ2v) is 5.99. The van der Waals surface area contributed by atoms with Gasteiger partial charge < -0.3 is 10.1 Å². The average molecular weight is 289 g/mol. The van der Waals surface area contributed by atoms with Gasteiger partial charge in [-0.3, -0.25) is 4.79 Å². The molecule has 1 N–H and O–H groups in total. The van der Waals surface area contributed by atoms with Crippen LogP contribution in [0.25, 0.3) is 10.1 Å². The van der Waals surface area contributed by atoms with Crippen LogP contribution >= 0.6 is 11.3 Å². The third kappa shape index (κ3) is 2.52. The predicted octanol–water partition coefficient (Wildman–Crippen LogP) is 3.30. The van der Waals surface area contributed by atoms with Gasteiger partial charge in [0.15, 0.2) is 0 Å². The van der Waals surface area contributed by atoms with Crippen LogP contribution in [0.1, 0.15) is 30.9 Å². The first-order valence-electron chi connectivity index (χ1n) is 7.21. The molecule has 0 unspecified atom stereocenters. The molecule has 1 aromatic heterocycles. The highest BCUT2D eigenvalue weighted by molar-refractivity contribution is 7.17. The Morgan fingerprint density at radius 1 is 1.45 bits per heavy atom. The van der Waals surface area contributed by atoms with Gasteiger partial charge in [0.05, 0.1) is 6.61 Å². The van der Waals surface area contributed by atoms with Crippen molar-refractivity contribution in [1.29, 1.82) is 0 Å². The Morgan fingerprint density at radius 3 is 3.20 bits per heavy atom. The van der Waals surface area contributed by atoms with E-state index in [0.29, 0.717) is 13.0 Å². The summed E-state index contributed by atoms with van der Waals surface area (Å²) in [6.45, 7) is 3.41. The van der Waals surface area contributed by atoms with Crippen LogP contribution in [0.15, 0.2) is 17.5 Å². The van der Waals surface area contributed by atoms with Crippen LogP contribution in [-0.4, -0.2) is 19.1 Å². The number of carbonyl (C=O) groups excluding carboxylic acids is 1. The van der Waals surface area contributed by atoms with Gasteiger partial charge in [0.25, 0.3) is 0 Å². The SMILES string of the molecule is CCC(=O)NCCc1csc2ccc3c(c12)CCCO3. The van der Waals surface area contributed by atoms with Crippen LogP contribution in [0.4, 0.5) is 0 Å². The number of benzene rings is 1. The molecular weight excluding hydrogens is 270 g/mol. The molecular formula is C16H19NO2S. The first kappa shape index (κ1) is 13.4. The molecule has 0 fully saturated rings. The van der Waals surface area contributed by atoms with Crippen LogP contribution < -0.4 is 10.1 Å². The molecule has 0 bridgehead atoms. The quantitative estimate of drug-likeness (QED) is 0.938. The highest BCUT2D eigenvalue weighted by atomic mass is 32.1. The number of rotatable bonds is 4. The Labute approximate surface area is 122 Å². The lowest BCUT2D eigenvalue weighted by Crippen LogP contribution is -2.24. The number of amides is 1. The van der Waals surface area contributed by atoms with Gasteiger partial charge in [0.1, 0.15) is 5.75 Å². The highest BCUT2D eigenvalue weighted by Crippen LogP contribution is 2.37. The van der Waals surface area contributed by atoms with E-state index in [0.717, 1.165) is 31.6 Å². The van der Waals surface area contributed by atoms with Crippen molar-refractivity contribution in [2.45, 2.75) is 32.6 Å². The molecule has 1 aromatic carbocycles. The molecule has 0 saturated carbocycles. The molecule has 3 rings (SSSR count). The largest absolute Gasteiger partial charge is 0.493 e. The molecule has 1 aliphatic rings. The number of hydrogen-bond donors (Lipinski definition) is 1. The summed E-state index contributed by atoms with van der Waals surface area (Å²) < 4.78 is 7.08. The Hall–Kier alpha value is -1.55. The molecule has 4 heteroatoms. The summed E-state index contributed by atoms with van der Waals surface area (Å²) in [5.74, 6) is 1.16. The number of nitrogens with one attached hydrogen (secondary N) is 1. The minimum absolute atomic E-state index is 0.120. The van der Waals surface area contributed by atoms with E-state index in [9.17, 15) is 4.79 Å². The summed E-state index contributed by atoms with van der Waals surface area (Å²) in [4.78, 5) is 11.3. The van der Waals surface area contributed by atoms with E-state index in [2.05, 4.69) is 22.8 Å². The van der Waals surface area contributed by atoms with E-state index in [-0.39, 0.29) is 5.91 Å². The molecule has 3 nitrogen and oxygen atoms in total. The monoisotopic (exact) mass is 289 g/mol. The van der Waals surface area contributed by atoms with Crippen LogP contribution in [-0.2, 0) is 17.6 Å². The molecule has 1 aliphatic heterocycles. The molecule has 2 heterocycles. The molecule has 106 valence electrons. The van der Waals surface area contributed by atoms with Crippen molar-refractivity contribution in [2.75, 3.05) is 13.2 Å². The van der Waals surface area contributed by atoms with Gasteiger partial charge in [0.2, 0.25) is 5.91 Å². The van der Waals surface area contributed by atoms with Gasteiger partial charge in [-0.1, -0.05) is 6.92 Å². The van der Waals surface area contributed by atoms with Crippen molar-refractivity contribution < 1.29 is 9.53 Å². The zero-order valence-corrected chi connectivity index (χ0v) is 12.5. The molecule has 0 saturated heterocycles. The van der Waals surface area contributed by atoms with E-state index in [4.69, 9.17) is 4.74 Å². The fraction of sp³-hybridized carbons (Fsp3) is 0.438. The average Bonchev–Trinajstić information content (AvgIpc) is 2.91. The standard InChI is InChI=1S/C16H19NO2S/c1-2-15(18)17-8-7-11-10-20-14-6-5-13-12(16(11)14)4-3-9-19-13/h5-6,10H,2-4,7-9H2,1H3,(H,17,18). The lowest BCUT2D eigenvalue weighted by atomic mass is 9.98. The Morgan fingerprint density at radius 2 is 2.35 bits per heavy atom. The van der Waals surface area contributed by atoms with Crippen molar-refractivity contribution in [2.24, 2.45) is 0 Å². The number of ether oxygens (including phenoxy) is 1. The maximum Gasteiger partial charge on any atom is 0.219 e. The maximum absolute atomic E-state index is 11.3. The van der Waals surface area contributed by atoms with Gasteiger partial charge in [-0.2, -0.15) is 0 Å². The maximum atomic E-state index is 11.3. The van der Waals surface area contributed by atoms with E-state index in [1.807, 2.05) is 6.92 Å². The second-order valence-electron chi connectivity index (χ2n) is 5.08. The van der Waals surface area contributed by atoms with E-state index in [1.165, 1.54) is 21.2 Å². The summed E-state index contributed by atoms with van der Waals surface area (Å²) in [6.07, 6.45) is 3.63. The minimum atomic E-state index is 0.120. The van der Waals surface area contributed by atoms with Crippen LogP contribution in [0.3, 0.4) is 0 Å². The predicted molar refractivity (Wildman–Crippen MR) is 82.6 cm³/mol. The zero-order chi connectivity index (χ0) is 13.9. The molecule has 0 radical (unpaired) electrons. The fourth-order valence-corrected chi connectivity index (χ4v) is 3.73. The van der Waals surface area contributed by atoms with Crippen molar-refractivity contribution in [1.82, 2.24) is 5.32 Å². The number of aryl methyl sites for hydroxylation is 1. The lowest BCUT2D eigenvalue weighted by molar-refractivity contribution is -0.120. The molecule has 2 aromatic rings. The molecule has 0 atom stereocenters. The number of carbonyl (C=O) groups is 1. The molecule has 20 heavy (non-hydrogen) atoms. The zero-order valence-electron chi connectivity index (χ0n) is 11.7. The Bertz CT molecular complexity index is 633. The summed E-state index contributed by atoms with van der Waals surface area (Å²) in [6, 6.07) is 4.24. The van der Waals surface area contributed by atoms with Crippen LogP contribution in [0.2, 0.25) is 0 Å². The summed E-state index contributed by atoms with van der Waals surface area (Å²) >= 11 is 1.78. The number of thiophene rings is 1. The molecule has 1 amide bonds. The lowest BCUT2D eigenvalue weighted by Gasteiger charge is -2.18. The first-order valence-corrected chi connectivity index (χ1v) is 8.09.